The molecule has 0 aliphatic heterocycles. The summed E-state index contributed by atoms with van der Waals surface area (Å²) in [5.41, 5.74) is 8.55. The number of carboxylic acid groups (broad SMARTS) is 1. The molecule has 1 aromatic rings. The molecule has 0 saturated heterocycles. The number of rotatable bonds is 5. The summed E-state index contributed by atoms with van der Waals surface area (Å²) in [5.74, 6) is -0.663. The summed E-state index contributed by atoms with van der Waals surface area (Å²) in [6.07, 6.45) is 3.32. The average Bonchev–Trinajstić information content (AvgIpc) is 2.56. The molecule has 25 heavy (non-hydrogen) atoms. The molecular formula is C19H30N2O4. The highest BCUT2D eigenvalue weighted by atomic mass is 16.5. The number of aliphatic carboxylic acids is 1. The lowest BCUT2D eigenvalue weighted by atomic mass is 9.83. The van der Waals surface area contributed by atoms with Gasteiger partial charge in [0.05, 0.1) is 6.10 Å². The van der Waals surface area contributed by atoms with Crippen molar-refractivity contribution in [2.75, 3.05) is 13.7 Å². The molecule has 1 amide bonds. The number of aryl methyl sites for hydroxylation is 1. The van der Waals surface area contributed by atoms with E-state index >= 15 is 0 Å². The Morgan fingerprint density at radius 1 is 1.32 bits per heavy atom. The van der Waals surface area contributed by atoms with E-state index in [0.717, 1.165) is 32.6 Å². The fourth-order valence-electron chi connectivity index (χ4n) is 3.02. The number of methoxy groups -OCH3 is 1. The van der Waals surface area contributed by atoms with Crippen LogP contribution < -0.4 is 11.1 Å². The van der Waals surface area contributed by atoms with Gasteiger partial charge in [0, 0.05) is 32.5 Å². The normalized spacial score (nSPS) is 22.5. The van der Waals surface area contributed by atoms with Gasteiger partial charge in [-0.1, -0.05) is 24.3 Å². The Hall–Kier alpha value is -1.92. The van der Waals surface area contributed by atoms with Crippen molar-refractivity contribution in [3.63, 3.8) is 0 Å². The molecule has 1 aliphatic carbocycles. The molecule has 1 aromatic carbocycles. The SMILES string of the molecule is CC(=O)O.CO[C@@H]1C[C@@H](C(=O)NCCc2ccccc2C)CC[C@H]1N. The smallest absolute Gasteiger partial charge is 0.300 e. The van der Waals surface area contributed by atoms with Crippen molar-refractivity contribution in [3.05, 3.63) is 35.4 Å². The van der Waals surface area contributed by atoms with Gasteiger partial charge in [-0.15, -0.1) is 0 Å². The third kappa shape index (κ3) is 7.67. The van der Waals surface area contributed by atoms with Crippen molar-refractivity contribution >= 4 is 11.9 Å². The van der Waals surface area contributed by atoms with Gasteiger partial charge in [-0.3, -0.25) is 9.59 Å². The largest absolute Gasteiger partial charge is 0.481 e. The first-order valence-corrected chi connectivity index (χ1v) is 8.65. The first kappa shape index (κ1) is 21.1. The molecule has 1 saturated carbocycles. The van der Waals surface area contributed by atoms with Crippen LogP contribution in [-0.4, -0.2) is 42.8 Å². The van der Waals surface area contributed by atoms with Gasteiger partial charge in [0.25, 0.3) is 5.97 Å². The average molecular weight is 350 g/mol. The second-order valence-electron chi connectivity index (χ2n) is 6.43. The second-order valence-corrected chi connectivity index (χ2v) is 6.43. The maximum absolute atomic E-state index is 12.2. The Morgan fingerprint density at radius 2 is 1.96 bits per heavy atom. The van der Waals surface area contributed by atoms with E-state index in [4.69, 9.17) is 20.4 Å². The minimum Gasteiger partial charge on any atom is -0.481 e. The standard InChI is InChI=1S/C17H26N2O2.C2H4O2/c1-12-5-3-4-6-13(12)9-10-19-17(20)14-7-8-15(18)16(11-14)21-2;1-2(3)4/h3-6,14-16H,7-11,18H2,1-2H3,(H,19,20);1H3,(H,3,4)/t14-,15+,16+;/m0./s1. The number of hydrogen-bond acceptors (Lipinski definition) is 4. The molecule has 140 valence electrons. The predicted molar refractivity (Wildman–Crippen MR) is 97.3 cm³/mol. The zero-order chi connectivity index (χ0) is 18.8. The van der Waals surface area contributed by atoms with Crippen molar-refractivity contribution in [1.82, 2.24) is 5.32 Å². The minimum atomic E-state index is -0.833. The third-order valence-corrected chi connectivity index (χ3v) is 4.47. The molecule has 6 heteroatoms. The first-order valence-electron chi connectivity index (χ1n) is 8.65. The van der Waals surface area contributed by atoms with E-state index in [1.54, 1.807) is 7.11 Å². The van der Waals surface area contributed by atoms with Gasteiger partial charge in [-0.25, -0.2) is 0 Å². The predicted octanol–water partition coefficient (Wildman–Crippen LogP) is 1.89. The second kappa shape index (κ2) is 10.8. The summed E-state index contributed by atoms with van der Waals surface area (Å²) >= 11 is 0. The van der Waals surface area contributed by atoms with Crippen LogP contribution in [0.3, 0.4) is 0 Å². The molecule has 1 aliphatic rings. The first-order chi connectivity index (χ1) is 11.8. The summed E-state index contributed by atoms with van der Waals surface area (Å²) in [4.78, 5) is 21.2. The van der Waals surface area contributed by atoms with E-state index in [1.165, 1.54) is 11.1 Å². The number of amides is 1. The Bertz CT molecular complexity index is 558. The fourth-order valence-corrected chi connectivity index (χ4v) is 3.02. The van der Waals surface area contributed by atoms with Crippen molar-refractivity contribution in [2.24, 2.45) is 11.7 Å². The number of benzene rings is 1. The molecule has 6 nitrogen and oxygen atoms in total. The zero-order valence-corrected chi connectivity index (χ0v) is 15.3. The van der Waals surface area contributed by atoms with Gasteiger partial charge in [-0.05, 0) is 43.7 Å². The van der Waals surface area contributed by atoms with Gasteiger partial charge in [0.1, 0.15) is 0 Å². The summed E-state index contributed by atoms with van der Waals surface area (Å²) in [5, 5.41) is 10.5. The van der Waals surface area contributed by atoms with Gasteiger partial charge < -0.3 is 20.9 Å². The van der Waals surface area contributed by atoms with Crippen LogP contribution >= 0.6 is 0 Å². The van der Waals surface area contributed by atoms with Crippen LogP contribution in [0.2, 0.25) is 0 Å². The van der Waals surface area contributed by atoms with Crippen LogP contribution in [0.15, 0.2) is 24.3 Å². The van der Waals surface area contributed by atoms with E-state index < -0.39 is 5.97 Å². The lowest BCUT2D eigenvalue weighted by Gasteiger charge is -2.32. The highest BCUT2D eigenvalue weighted by molar-refractivity contribution is 5.78. The highest BCUT2D eigenvalue weighted by Gasteiger charge is 2.31. The molecule has 3 atom stereocenters. The number of carbonyl (C=O) groups is 2. The van der Waals surface area contributed by atoms with Crippen molar-refractivity contribution < 1.29 is 19.4 Å². The quantitative estimate of drug-likeness (QED) is 0.753. The van der Waals surface area contributed by atoms with Crippen LogP contribution in [-0.2, 0) is 20.7 Å². The minimum absolute atomic E-state index is 0.00543. The maximum Gasteiger partial charge on any atom is 0.300 e. The molecule has 0 heterocycles. The third-order valence-electron chi connectivity index (χ3n) is 4.47. The lowest BCUT2D eigenvalue weighted by molar-refractivity contribution is -0.134. The molecule has 2 rings (SSSR count). The van der Waals surface area contributed by atoms with Gasteiger partial charge in [-0.2, -0.15) is 0 Å². The monoisotopic (exact) mass is 350 g/mol. The van der Waals surface area contributed by atoms with Crippen LogP contribution in [0.25, 0.3) is 0 Å². The van der Waals surface area contributed by atoms with Crippen molar-refractivity contribution in [1.29, 1.82) is 0 Å². The molecule has 0 spiro atoms. The molecular weight excluding hydrogens is 320 g/mol. The summed E-state index contributed by atoms with van der Waals surface area (Å²) in [6, 6.07) is 8.35. The van der Waals surface area contributed by atoms with E-state index in [2.05, 4.69) is 24.4 Å². The van der Waals surface area contributed by atoms with E-state index in [9.17, 15) is 4.79 Å². The molecule has 0 bridgehead atoms. The Morgan fingerprint density at radius 3 is 2.56 bits per heavy atom. The topological polar surface area (TPSA) is 102 Å². The van der Waals surface area contributed by atoms with Gasteiger partial charge >= 0.3 is 0 Å². The molecule has 0 aromatic heterocycles. The summed E-state index contributed by atoms with van der Waals surface area (Å²) in [6.45, 7) is 3.87. The van der Waals surface area contributed by atoms with E-state index in [1.807, 2.05) is 12.1 Å². The van der Waals surface area contributed by atoms with Crippen LogP contribution in [0.1, 0.15) is 37.3 Å². The number of carboxylic acids is 1. The van der Waals surface area contributed by atoms with Crippen molar-refractivity contribution in [2.45, 2.75) is 51.7 Å². The highest BCUT2D eigenvalue weighted by Crippen LogP contribution is 2.25. The zero-order valence-electron chi connectivity index (χ0n) is 15.3. The van der Waals surface area contributed by atoms with Crippen LogP contribution in [0.5, 0.6) is 0 Å². The maximum atomic E-state index is 12.2. The molecule has 4 N–H and O–H groups in total. The number of nitrogens with two attached hydrogens (primary N) is 1. The number of hydrogen-bond donors (Lipinski definition) is 3. The fraction of sp³-hybridized carbons (Fsp3) is 0.579. The van der Waals surface area contributed by atoms with Crippen LogP contribution in [0.4, 0.5) is 0 Å². The van der Waals surface area contributed by atoms with E-state index in [0.29, 0.717) is 6.54 Å². The summed E-state index contributed by atoms with van der Waals surface area (Å²) in [7, 11) is 1.67. The lowest BCUT2D eigenvalue weighted by Crippen LogP contribution is -2.45. The van der Waals surface area contributed by atoms with Crippen molar-refractivity contribution in [3.8, 4) is 0 Å². The Kier molecular flexibility index (Phi) is 9.16. The Labute approximate surface area is 149 Å². The number of ether oxygens (including phenoxy) is 1. The van der Waals surface area contributed by atoms with E-state index in [-0.39, 0.29) is 24.0 Å². The number of carbonyl (C=O) groups excluding carboxylic acids is 1. The molecule has 1 fully saturated rings. The Balaban J connectivity index is 0.000000705. The van der Waals surface area contributed by atoms with Gasteiger partial charge in [0.15, 0.2) is 0 Å². The van der Waals surface area contributed by atoms with Crippen LogP contribution in [0, 0.1) is 12.8 Å². The molecule has 0 unspecified atom stereocenters. The van der Waals surface area contributed by atoms with Gasteiger partial charge in [0.2, 0.25) is 5.91 Å². The summed E-state index contributed by atoms with van der Waals surface area (Å²) < 4.78 is 5.37. The molecule has 0 radical (unpaired) electrons. The number of nitrogens with one attached hydrogen (secondary N) is 1.